The number of nitrogens with one attached hydrogen (secondary N) is 1. The molecule has 1 saturated heterocycles. The van der Waals surface area contributed by atoms with Gasteiger partial charge in [-0.3, -0.25) is 14.4 Å². The van der Waals surface area contributed by atoms with Crippen LogP contribution in [0, 0.1) is 0 Å². The molecule has 2 rings (SSSR count). The zero-order valence-corrected chi connectivity index (χ0v) is 13.7. The fraction of sp³-hybridized carbons (Fsp3) is 0.353. The molecule has 1 fully saturated rings. The van der Waals surface area contributed by atoms with Gasteiger partial charge < -0.3 is 10.1 Å². The molecule has 1 aliphatic rings. The Morgan fingerprint density at radius 1 is 1.35 bits per heavy atom. The number of allylic oxidation sites excluding steroid dienone is 1. The van der Waals surface area contributed by atoms with Gasteiger partial charge in [-0.25, -0.2) is 0 Å². The number of carbonyl (C=O) groups excluding carboxylic acids is 3. The third kappa shape index (κ3) is 4.96. The van der Waals surface area contributed by atoms with Gasteiger partial charge in [-0.15, -0.1) is 11.8 Å². The van der Waals surface area contributed by atoms with Crippen LogP contribution in [0.25, 0.3) is 0 Å². The first kappa shape index (κ1) is 17.3. The van der Waals surface area contributed by atoms with E-state index in [9.17, 15) is 14.4 Å². The Kier molecular flexibility index (Phi) is 6.40. The Balaban J connectivity index is 1.84. The number of unbranched alkanes of at least 4 members (excludes halogenated alkanes) is 1. The summed E-state index contributed by atoms with van der Waals surface area (Å²) in [5, 5.41) is 2.77. The molecule has 0 radical (unpaired) electrons. The van der Waals surface area contributed by atoms with Crippen LogP contribution in [0.3, 0.4) is 0 Å². The van der Waals surface area contributed by atoms with Crippen LogP contribution in [0.4, 0.5) is 0 Å². The van der Waals surface area contributed by atoms with Gasteiger partial charge in [0.1, 0.15) is 6.04 Å². The van der Waals surface area contributed by atoms with Crippen LogP contribution in [0.5, 0.6) is 0 Å². The van der Waals surface area contributed by atoms with E-state index in [4.69, 9.17) is 0 Å². The highest BCUT2D eigenvalue weighted by atomic mass is 32.2. The van der Waals surface area contributed by atoms with Gasteiger partial charge in [-0.1, -0.05) is 24.3 Å². The lowest BCUT2D eigenvalue weighted by Gasteiger charge is -2.09. The van der Waals surface area contributed by atoms with E-state index >= 15 is 0 Å². The maximum absolute atomic E-state index is 12.3. The van der Waals surface area contributed by atoms with E-state index in [1.165, 1.54) is 18.9 Å². The number of esters is 1. The smallest absolute Gasteiger partial charge is 0.305 e. The molecule has 1 aromatic rings. The summed E-state index contributed by atoms with van der Waals surface area (Å²) in [6.07, 6.45) is 3.46. The van der Waals surface area contributed by atoms with E-state index in [2.05, 4.69) is 10.1 Å². The van der Waals surface area contributed by atoms with Crippen molar-refractivity contribution in [2.45, 2.75) is 25.3 Å². The minimum absolute atomic E-state index is 0.0580. The second kappa shape index (κ2) is 8.53. The second-order valence-corrected chi connectivity index (χ2v) is 6.17. The molecule has 0 unspecified atom stereocenters. The lowest BCUT2D eigenvalue weighted by molar-refractivity contribution is -0.140. The Labute approximate surface area is 139 Å². The molecular weight excluding hydrogens is 314 g/mol. The summed E-state index contributed by atoms with van der Waals surface area (Å²) in [4.78, 5) is 36.0. The molecule has 0 aliphatic carbocycles. The predicted molar refractivity (Wildman–Crippen MR) is 89.1 cm³/mol. The first-order chi connectivity index (χ1) is 11.1. The number of carbonyl (C=O) groups is 3. The van der Waals surface area contributed by atoms with Crippen molar-refractivity contribution in [3.63, 3.8) is 0 Å². The summed E-state index contributed by atoms with van der Waals surface area (Å²) in [7, 11) is 1.36. The minimum Gasteiger partial charge on any atom is -0.469 e. The molecule has 23 heavy (non-hydrogen) atoms. The summed E-state index contributed by atoms with van der Waals surface area (Å²) >= 11 is 1.44. The molecule has 1 atom stereocenters. The summed E-state index contributed by atoms with van der Waals surface area (Å²) < 4.78 is 4.57. The number of rotatable bonds is 6. The fourth-order valence-electron chi connectivity index (χ4n) is 2.17. The Morgan fingerprint density at radius 2 is 2.09 bits per heavy atom. The Morgan fingerprint density at radius 3 is 2.78 bits per heavy atom. The van der Waals surface area contributed by atoms with Gasteiger partial charge in [-0.05, 0) is 25.0 Å². The summed E-state index contributed by atoms with van der Waals surface area (Å²) in [5.74, 6) is -0.00379. The molecule has 0 spiro atoms. The molecule has 0 bridgehead atoms. The van der Waals surface area contributed by atoms with Gasteiger partial charge >= 0.3 is 5.97 Å². The van der Waals surface area contributed by atoms with E-state index in [1.54, 1.807) is 24.3 Å². The largest absolute Gasteiger partial charge is 0.469 e. The van der Waals surface area contributed by atoms with Crippen LogP contribution in [-0.2, 0) is 14.3 Å². The SMILES string of the molecule is COC(=O)CCC/C=C1/SC[C@H](NC(=O)c2ccccc2)C1=O. The van der Waals surface area contributed by atoms with Crippen LogP contribution in [0.2, 0.25) is 0 Å². The standard InChI is InChI=1S/C17H19NO4S/c1-22-15(19)10-6-5-9-14-16(20)13(11-23-14)18-17(21)12-7-3-2-4-8-12/h2-4,7-9,13H,5-6,10-11H2,1H3,(H,18,21)/b14-9+/t13-/m0/s1. The Bertz CT molecular complexity index is 612. The van der Waals surface area contributed by atoms with E-state index in [0.29, 0.717) is 35.5 Å². The molecule has 0 aromatic heterocycles. The Hall–Kier alpha value is -2.08. The monoisotopic (exact) mass is 333 g/mol. The quantitative estimate of drug-likeness (QED) is 0.491. The van der Waals surface area contributed by atoms with Gasteiger partial charge in [0.05, 0.1) is 7.11 Å². The number of hydrogen-bond acceptors (Lipinski definition) is 5. The number of thioether (sulfide) groups is 1. The van der Waals surface area contributed by atoms with Crippen LogP contribution >= 0.6 is 11.8 Å². The number of ketones is 1. The molecule has 1 heterocycles. The first-order valence-corrected chi connectivity index (χ1v) is 8.40. The van der Waals surface area contributed by atoms with Crippen LogP contribution in [-0.4, -0.2) is 36.6 Å². The van der Waals surface area contributed by atoms with E-state index in [-0.39, 0.29) is 17.7 Å². The molecule has 5 nitrogen and oxygen atoms in total. The zero-order valence-electron chi connectivity index (χ0n) is 12.9. The number of benzene rings is 1. The minimum atomic E-state index is -0.487. The molecule has 122 valence electrons. The number of ether oxygens (including phenoxy) is 1. The van der Waals surface area contributed by atoms with Crippen molar-refractivity contribution < 1.29 is 19.1 Å². The highest BCUT2D eigenvalue weighted by Gasteiger charge is 2.31. The number of amides is 1. The number of hydrogen-bond donors (Lipinski definition) is 1. The third-order valence-corrected chi connectivity index (χ3v) is 4.63. The highest BCUT2D eigenvalue weighted by molar-refractivity contribution is 8.04. The molecule has 6 heteroatoms. The van der Waals surface area contributed by atoms with E-state index in [0.717, 1.165) is 0 Å². The molecule has 1 amide bonds. The van der Waals surface area contributed by atoms with Gasteiger partial charge in [0.25, 0.3) is 5.91 Å². The van der Waals surface area contributed by atoms with Crippen molar-refractivity contribution in [1.29, 1.82) is 0 Å². The van der Waals surface area contributed by atoms with E-state index in [1.807, 2.05) is 12.1 Å². The topological polar surface area (TPSA) is 72.5 Å². The van der Waals surface area contributed by atoms with Crippen molar-refractivity contribution in [3.8, 4) is 0 Å². The summed E-state index contributed by atoms with van der Waals surface area (Å²) in [6.45, 7) is 0. The number of methoxy groups -OCH3 is 1. The molecular formula is C17H19NO4S. The van der Waals surface area contributed by atoms with Gasteiger partial charge in [-0.2, -0.15) is 0 Å². The lowest BCUT2D eigenvalue weighted by Crippen LogP contribution is -2.39. The molecule has 1 aliphatic heterocycles. The van der Waals surface area contributed by atoms with Crippen molar-refractivity contribution in [1.82, 2.24) is 5.32 Å². The maximum atomic E-state index is 12.3. The van der Waals surface area contributed by atoms with Crippen molar-refractivity contribution in [3.05, 3.63) is 46.9 Å². The fourth-order valence-corrected chi connectivity index (χ4v) is 3.27. The van der Waals surface area contributed by atoms with Crippen molar-refractivity contribution in [2.24, 2.45) is 0 Å². The summed E-state index contributed by atoms with van der Waals surface area (Å²) in [6, 6.07) is 8.35. The second-order valence-electron chi connectivity index (χ2n) is 5.10. The molecule has 0 saturated carbocycles. The van der Waals surface area contributed by atoms with Gasteiger partial charge in [0, 0.05) is 22.6 Å². The summed E-state index contributed by atoms with van der Waals surface area (Å²) in [5.41, 5.74) is 0.542. The van der Waals surface area contributed by atoms with Crippen molar-refractivity contribution >= 4 is 29.4 Å². The maximum Gasteiger partial charge on any atom is 0.305 e. The zero-order chi connectivity index (χ0) is 16.7. The average molecular weight is 333 g/mol. The van der Waals surface area contributed by atoms with Crippen LogP contribution in [0.15, 0.2) is 41.3 Å². The molecule has 1 N–H and O–H groups in total. The van der Waals surface area contributed by atoms with Crippen LogP contribution in [0.1, 0.15) is 29.6 Å². The highest BCUT2D eigenvalue weighted by Crippen LogP contribution is 2.28. The van der Waals surface area contributed by atoms with Crippen LogP contribution < -0.4 is 5.32 Å². The van der Waals surface area contributed by atoms with E-state index < -0.39 is 6.04 Å². The van der Waals surface area contributed by atoms with Gasteiger partial charge in [0.2, 0.25) is 0 Å². The average Bonchev–Trinajstić information content (AvgIpc) is 2.92. The number of Topliss-reactive ketones (excluding diaryl/α,β-unsaturated/α-hetero) is 1. The first-order valence-electron chi connectivity index (χ1n) is 7.41. The van der Waals surface area contributed by atoms with Gasteiger partial charge in [0.15, 0.2) is 5.78 Å². The predicted octanol–water partition coefficient (Wildman–Crippen LogP) is 2.33. The normalized spacial score (nSPS) is 18.9. The van der Waals surface area contributed by atoms with Crippen molar-refractivity contribution in [2.75, 3.05) is 12.9 Å². The molecule has 1 aromatic carbocycles. The lowest BCUT2D eigenvalue weighted by atomic mass is 10.1. The third-order valence-electron chi connectivity index (χ3n) is 3.45.